The first-order valence-corrected chi connectivity index (χ1v) is 7.50. The average Bonchev–Trinajstić information content (AvgIpc) is 2.61. The lowest BCUT2D eigenvalue weighted by Gasteiger charge is -2.19. The standard InChI is InChI=1S/C18H16N2O3/c21-15-5-3-12(14-2-1-7-19-18(14)15)11-20-13-4-6-16-17(10-13)23-9-8-22-16/h1-7,10,20-21H,8-9,11H2. The van der Waals surface area contributed by atoms with E-state index in [0.717, 1.165) is 28.1 Å². The Labute approximate surface area is 133 Å². The Morgan fingerprint density at radius 2 is 1.91 bits per heavy atom. The molecule has 0 saturated heterocycles. The summed E-state index contributed by atoms with van der Waals surface area (Å²) in [7, 11) is 0. The highest BCUT2D eigenvalue weighted by Gasteiger charge is 2.12. The van der Waals surface area contributed by atoms with Gasteiger partial charge in [-0.2, -0.15) is 0 Å². The summed E-state index contributed by atoms with van der Waals surface area (Å²) < 4.78 is 11.1. The van der Waals surface area contributed by atoms with Crippen LogP contribution in [0.3, 0.4) is 0 Å². The van der Waals surface area contributed by atoms with E-state index >= 15 is 0 Å². The maximum Gasteiger partial charge on any atom is 0.163 e. The van der Waals surface area contributed by atoms with Gasteiger partial charge in [-0.3, -0.25) is 4.98 Å². The van der Waals surface area contributed by atoms with Crippen molar-refractivity contribution < 1.29 is 14.6 Å². The first-order valence-electron chi connectivity index (χ1n) is 7.50. The smallest absolute Gasteiger partial charge is 0.163 e. The van der Waals surface area contributed by atoms with Crippen molar-refractivity contribution >= 4 is 16.6 Å². The van der Waals surface area contributed by atoms with Crippen molar-refractivity contribution in [3.63, 3.8) is 0 Å². The fourth-order valence-corrected chi connectivity index (χ4v) is 2.72. The molecule has 23 heavy (non-hydrogen) atoms. The summed E-state index contributed by atoms with van der Waals surface area (Å²) in [6, 6.07) is 13.2. The summed E-state index contributed by atoms with van der Waals surface area (Å²) in [5, 5.41) is 14.2. The number of fused-ring (bicyclic) bond motifs is 2. The minimum absolute atomic E-state index is 0.198. The number of rotatable bonds is 3. The van der Waals surface area contributed by atoms with Gasteiger partial charge < -0.3 is 19.9 Å². The van der Waals surface area contributed by atoms with Crippen molar-refractivity contribution in [3.05, 3.63) is 54.2 Å². The molecule has 0 fully saturated rings. The minimum Gasteiger partial charge on any atom is -0.506 e. The summed E-state index contributed by atoms with van der Waals surface area (Å²) in [5.41, 5.74) is 2.65. The number of nitrogens with zero attached hydrogens (tertiary/aromatic N) is 1. The molecule has 0 radical (unpaired) electrons. The van der Waals surface area contributed by atoms with E-state index in [-0.39, 0.29) is 5.75 Å². The van der Waals surface area contributed by atoms with E-state index < -0.39 is 0 Å². The van der Waals surface area contributed by atoms with Crippen molar-refractivity contribution in [2.24, 2.45) is 0 Å². The van der Waals surface area contributed by atoms with Crippen LogP contribution >= 0.6 is 0 Å². The lowest BCUT2D eigenvalue weighted by atomic mass is 10.1. The Morgan fingerprint density at radius 3 is 2.83 bits per heavy atom. The van der Waals surface area contributed by atoms with Crippen molar-refractivity contribution in [2.75, 3.05) is 18.5 Å². The molecule has 4 rings (SSSR count). The number of phenols is 1. The number of ether oxygens (including phenoxy) is 2. The van der Waals surface area contributed by atoms with Crippen molar-refractivity contribution in [1.82, 2.24) is 4.98 Å². The Balaban J connectivity index is 1.59. The highest BCUT2D eigenvalue weighted by molar-refractivity contribution is 5.87. The first kappa shape index (κ1) is 13.7. The van der Waals surface area contributed by atoms with Gasteiger partial charge in [0.1, 0.15) is 24.5 Å². The quantitative estimate of drug-likeness (QED) is 0.777. The van der Waals surface area contributed by atoms with Crippen molar-refractivity contribution in [1.29, 1.82) is 0 Å². The fraction of sp³-hybridized carbons (Fsp3) is 0.167. The van der Waals surface area contributed by atoms with Crippen LogP contribution in [0, 0.1) is 0 Å². The molecule has 1 aromatic heterocycles. The molecule has 2 heterocycles. The second kappa shape index (κ2) is 5.68. The zero-order chi connectivity index (χ0) is 15.6. The first-order chi connectivity index (χ1) is 11.3. The molecule has 0 spiro atoms. The van der Waals surface area contributed by atoms with E-state index in [2.05, 4.69) is 10.3 Å². The Bertz CT molecular complexity index is 864. The van der Waals surface area contributed by atoms with Gasteiger partial charge in [0.2, 0.25) is 0 Å². The molecule has 0 bridgehead atoms. The maximum absolute atomic E-state index is 9.90. The molecule has 116 valence electrons. The molecule has 3 aromatic rings. The van der Waals surface area contributed by atoms with Gasteiger partial charge in [0.25, 0.3) is 0 Å². The molecule has 5 heteroatoms. The Kier molecular flexibility index (Phi) is 3.38. The van der Waals surface area contributed by atoms with Gasteiger partial charge in [-0.25, -0.2) is 0 Å². The number of pyridine rings is 1. The van der Waals surface area contributed by atoms with E-state index in [4.69, 9.17) is 9.47 Å². The molecule has 0 unspecified atom stereocenters. The third-order valence-electron chi connectivity index (χ3n) is 3.86. The van der Waals surface area contributed by atoms with Gasteiger partial charge in [0.15, 0.2) is 11.5 Å². The maximum atomic E-state index is 9.90. The molecule has 1 aliphatic rings. The number of aromatic nitrogens is 1. The molecule has 2 aromatic carbocycles. The predicted octanol–water partition coefficient (Wildman–Crippen LogP) is 3.32. The lowest BCUT2D eigenvalue weighted by molar-refractivity contribution is 0.171. The summed E-state index contributed by atoms with van der Waals surface area (Å²) in [4.78, 5) is 4.24. The van der Waals surface area contributed by atoms with Crippen LogP contribution < -0.4 is 14.8 Å². The second-order valence-electron chi connectivity index (χ2n) is 5.36. The number of hydrogen-bond donors (Lipinski definition) is 2. The Morgan fingerprint density at radius 1 is 1.04 bits per heavy atom. The number of benzene rings is 2. The highest BCUT2D eigenvalue weighted by atomic mass is 16.6. The van der Waals surface area contributed by atoms with Crippen LogP contribution in [0.4, 0.5) is 5.69 Å². The van der Waals surface area contributed by atoms with E-state index in [1.54, 1.807) is 12.3 Å². The molecule has 0 amide bonds. The van der Waals surface area contributed by atoms with Crippen LogP contribution in [0.15, 0.2) is 48.7 Å². The molecule has 0 aliphatic carbocycles. The van der Waals surface area contributed by atoms with Crippen LogP contribution in [0.5, 0.6) is 17.2 Å². The molecule has 0 atom stereocenters. The number of phenolic OH excluding ortho intramolecular Hbond substituents is 1. The topological polar surface area (TPSA) is 63.6 Å². The van der Waals surface area contributed by atoms with Crippen LogP contribution in [0.2, 0.25) is 0 Å². The number of aromatic hydroxyl groups is 1. The number of hydrogen-bond acceptors (Lipinski definition) is 5. The van der Waals surface area contributed by atoms with E-state index in [1.807, 2.05) is 36.4 Å². The molecule has 5 nitrogen and oxygen atoms in total. The fourth-order valence-electron chi connectivity index (χ4n) is 2.72. The van der Waals surface area contributed by atoms with E-state index in [0.29, 0.717) is 25.3 Å². The molecule has 1 aliphatic heterocycles. The van der Waals surface area contributed by atoms with Crippen molar-refractivity contribution in [3.8, 4) is 17.2 Å². The van der Waals surface area contributed by atoms with Crippen LogP contribution in [-0.2, 0) is 6.54 Å². The van der Waals surface area contributed by atoms with E-state index in [9.17, 15) is 5.11 Å². The van der Waals surface area contributed by atoms with Crippen LogP contribution in [0.25, 0.3) is 10.9 Å². The molecular weight excluding hydrogens is 292 g/mol. The van der Waals surface area contributed by atoms with Gasteiger partial charge >= 0.3 is 0 Å². The minimum atomic E-state index is 0.198. The van der Waals surface area contributed by atoms with Crippen LogP contribution in [-0.4, -0.2) is 23.3 Å². The van der Waals surface area contributed by atoms with Gasteiger partial charge in [0.05, 0.1) is 0 Å². The SMILES string of the molecule is Oc1ccc(CNc2ccc3c(c2)OCCO3)c2cccnc12. The summed E-state index contributed by atoms with van der Waals surface area (Å²) >= 11 is 0. The highest BCUT2D eigenvalue weighted by Crippen LogP contribution is 2.33. The summed E-state index contributed by atoms with van der Waals surface area (Å²) in [6.07, 6.45) is 1.68. The largest absolute Gasteiger partial charge is 0.506 e. The van der Waals surface area contributed by atoms with E-state index in [1.165, 1.54) is 0 Å². The number of nitrogens with one attached hydrogen (secondary N) is 1. The lowest BCUT2D eigenvalue weighted by Crippen LogP contribution is -2.15. The normalized spacial score (nSPS) is 13.0. The molecule has 2 N–H and O–H groups in total. The van der Waals surface area contributed by atoms with Crippen LogP contribution in [0.1, 0.15) is 5.56 Å². The van der Waals surface area contributed by atoms with Crippen molar-refractivity contribution in [2.45, 2.75) is 6.54 Å². The van der Waals surface area contributed by atoms with Gasteiger partial charge in [0, 0.05) is 29.9 Å². The zero-order valence-electron chi connectivity index (χ0n) is 12.5. The third-order valence-corrected chi connectivity index (χ3v) is 3.86. The molecule has 0 saturated carbocycles. The van der Waals surface area contributed by atoms with Gasteiger partial charge in [-0.15, -0.1) is 0 Å². The van der Waals surface area contributed by atoms with Gasteiger partial charge in [-0.1, -0.05) is 12.1 Å². The Hall–Kier alpha value is -2.95. The predicted molar refractivity (Wildman–Crippen MR) is 88.2 cm³/mol. The summed E-state index contributed by atoms with van der Waals surface area (Å²) in [5.74, 6) is 1.74. The summed E-state index contributed by atoms with van der Waals surface area (Å²) in [6.45, 7) is 1.79. The van der Waals surface area contributed by atoms with Gasteiger partial charge in [-0.05, 0) is 29.8 Å². The number of anilines is 1. The monoisotopic (exact) mass is 308 g/mol. The average molecular weight is 308 g/mol. The third kappa shape index (κ3) is 2.61. The molecular formula is C18H16N2O3. The zero-order valence-corrected chi connectivity index (χ0v) is 12.5. The second-order valence-corrected chi connectivity index (χ2v) is 5.36.